The van der Waals surface area contributed by atoms with E-state index in [-0.39, 0.29) is 37.7 Å². The van der Waals surface area contributed by atoms with Crippen LogP contribution in [-0.4, -0.2) is 67.7 Å². The van der Waals surface area contributed by atoms with Crippen LogP contribution in [0.5, 0.6) is 0 Å². The Bertz CT molecular complexity index is 569. The van der Waals surface area contributed by atoms with E-state index in [4.69, 9.17) is 5.11 Å². The molecule has 0 aliphatic carbocycles. The van der Waals surface area contributed by atoms with Crippen molar-refractivity contribution in [3.05, 3.63) is 16.3 Å². The zero-order valence-electron chi connectivity index (χ0n) is 11.8. The minimum absolute atomic E-state index is 0.0511. The van der Waals surface area contributed by atoms with E-state index in [2.05, 4.69) is 5.10 Å². The van der Waals surface area contributed by atoms with Gasteiger partial charge in [0, 0.05) is 26.7 Å². The van der Waals surface area contributed by atoms with Gasteiger partial charge in [-0.15, -0.1) is 0 Å². The summed E-state index contributed by atoms with van der Waals surface area (Å²) in [6.07, 6.45) is 0.0146. The monoisotopic (exact) mass is 299 g/mol. The summed E-state index contributed by atoms with van der Waals surface area (Å²) in [6, 6.07) is 0. The molecule has 0 spiro atoms. The number of hydrogen-bond acceptors (Lipinski definition) is 6. The Labute approximate surface area is 120 Å². The van der Waals surface area contributed by atoms with Crippen LogP contribution in [-0.2, 0) is 7.05 Å². The summed E-state index contributed by atoms with van der Waals surface area (Å²) < 4.78 is 1.35. The highest BCUT2D eigenvalue weighted by molar-refractivity contribution is 5.65. The van der Waals surface area contributed by atoms with E-state index in [9.17, 15) is 20.0 Å². The first-order valence-electron chi connectivity index (χ1n) is 6.33. The van der Waals surface area contributed by atoms with Gasteiger partial charge in [-0.1, -0.05) is 0 Å². The average Bonchev–Trinajstić information content (AvgIpc) is 2.66. The van der Waals surface area contributed by atoms with Gasteiger partial charge < -0.3 is 20.0 Å². The number of aromatic nitrogens is 2. The zero-order chi connectivity index (χ0) is 15.8. The van der Waals surface area contributed by atoms with Crippen molar-refractivity contribution < 1.29 is 19.9 Å². The van der Waals surface area contributed by atoms with Gasteiger partial charge in [-0.25, -0.2) is 9.48 Å². The van der Waals surface area contributed by atoms with E-state index >= 15 is 0 Å². The molecule has 0 bridgehead atoms. The molecule has 10 nitrogen and oxygen atoms in total. The van der Waals surface area contributed by atoms with E-state index in [0.29, 0.717) is 0 Å². The highest BCUT2D eigenvalue weighted by Gasteiger charge is 2.36. The van der Waals surface area contributed by atoms with Crippen LogP contribution in [0.2, 0.25) is 0 Å². The largest absolute Gasteiger partial charge is 0.465 e. The number of β-amino-alcohol motifs (C(OH)–C–C–N with tert-alkyl or cyclic N) is 1. The molecule has 1 aliphatic rings. The van der Waals surface area contributed by atoms with Crippen molar-refractivity contribution in [3.8, 4) is 0 Å². The van der Waals surface area contributed by atoms with E-state index in [0.717, 1.165) is 11.1 Å². The van der Waals surface area contributed by atoms with Crippen LogP contribution < -0.4 is 4.90 Å². The topological polar surface area (TPSA) is 125 Å². The third kappa shape index (κ3) is 3.05. The quantitative estimate of drug-likeness (QED) is 0.576. The molecule has 1 saturated heterocycles. The summed E-state index contributed by atoms with van der Waals surface area (Å²) in [7, 11) is 1.57. The van der Waals surface area contributed by atoms with Gasteiger partial charge in [0.1, 0.15) is 6.20 Å². The predicted octanol–water partition coefficient (Wildman–Crippen LogP) is -0.121. The molecule has 1 fully saturated rings. The van der Waals surface area contributed by atoms with Crippen LogP contribution in [0.1, 0.15) is 6.92 Å². The summed E-state index contributed by atoms with van der Waals surface area (Å²) in [5, 5.41) is 34.3. The average molecular weight is 299 g/mol. The number of amides is 1. The van der Waals surface area contributed by atoms with Gasteiger partial charge in [-0.05, 0) is 6.92 Å². The lowest BCUT2D eigenvalue weighted by molar-refractivity contribution is -0.384. The minimum Gasteiger partial charge on any atom is -0.465 e. The molecule has 0 radical (unpaired) electrons. The molecule has 2 N–H and O–H groups in total. The first-order valence-corrected chi connectivity index (χ1v) is 6.33. The highest BCUT2D eigenvalue weighted by atomic mass is 16.6. The molecule has 1 atom stereocenters. The number of hydrogen-bond donors (Lipinski definition) is 2. The van der Waals surface area contributed by atoms with Gasteiger partial charge in [-0.2, -0.15) is 5.10 Å². The number of rotatable bonds is 2. The van der Waals surface area contributed by atoms with Crippen molar-refractivity contribution in [2.75, 3.05) is 31.1 Å². The Morgan fingerprint density at radius 3 is 2.71 bits per heavy atom. The number of nitro groups is 1. The van der Waals surface area contributed by atoms with Crippen molar-refractivity contribution in [2.45, 2.75) is 12.5 Å². The SMILES string of the molecule is Cn1ncc([N+](=O)[O-])c1N1CCN(C(=O)O)CC(C)(O)C1. The number of carboxylic acid groups (broad SMARTS) is 1. The van der Waals surface area contributed by atoms with Crippen LogP contribution >= 0.6 is 0 Å². The fourth-order valence-electron chi connectivity index (χ4n) is 2.53. The highest BCUT2D eigenvalue weighted by Crippen LogP contribution is 2.29. The molecule has 1 aromatic rings. The van der Waals surface area contributed by atoms with Crippen LogP contribution in [0.15, 0.2) is 6.20 Å². The van der Waals surface area contributed by atoms with Crippen LogP contribution in [0, 0.1) is 10.1 Å². The van der Waals surface area contributed by atoms with Crippen molar-refractivity contribution in [2.24, 2.45) is 7.05 Å². The Kier molecular flexibility index (Phi) is 3.73. The van der Waals surface area contributed by atoms with Crippen molar-refractivity contribution >= 4 is 17.6 Å². The van der Waals surface area contributed by atoms with E-state index < -0.39 is 16.6 Å². The zero-order valence-corrected chi connectivity index (χ0v) is 11.8. The van der Waals surface area contributed by atoms with Crippen molar-refractivity contribution in [1.82, 2.24) is 14.7 Å². The second-order valence-electron chi connectivity index (χ2n) is 5.36. The number of aryl methyl sites for hydroxylation is 1. The second-order valence-corrected chi connectivity index (χ2v) is 5.36. The Morgan fingerprint density at radius 2 is 2.14 bits per heavy atom. The number of carbonyl (C=O) groups is 1. The lowest BCUT2D eigenvalue weighted by atomic mass is 10.1. The maximum Gasteiger partial charge on any atom is 0.407 e. The number of nitrogens with zero attached hydrogens (tertiary/aromatic N) is 5. The van der Waals surface area contributed by atoms with Crippen LogP contribution in [0.25, 0.3) is 0 Å². The fourth-order valence-corrected chi connectivity index (χ4v) is 2.53. The molecule has 2 heterocycles. The predicted molar refractivity (Wildman–Crippen MR) is 72.3 cm³/mol. The van der Waals surface area contributed by atoms with Gasteiger partial charge >= 0.3 is 11.8 Å². The normalized spacial score (nSPS) is 23.0. The van der Waals surface area contributed by atoms with Crippen molar-refractivity contribution in [1.29, 1.82) is 0 Å². The molecule has 1 unspecified atom stereocenters. The molecule has 0 saturated carbocycles. The van der Waals surface area contributed by atoms with Gasteiger partial charge in [0.25, 0.3) is 0 Å². The third-order valence-corrected chi connectivity index (χ3v) is 3.36. The standard InChI is InChI=1S/C11H17N5O5/c1-11(19)6-14(3-4-15(7-11)10(17)18)9-8(16(20)21)5-12-13(9)2/h5,19H,3-4,6-7H2,1-2H3,(H,17,18). The molecule has 2 rings (SSSR count). The molecule has 21 heavy (non-hydrogen) atoms. The Morgan fingerprint density at radius 1 is 1.48 bits per heavy atom. The van der Waals surface area contributed by atoms with E-state index in [1.165, 1.54) is 11.6 Å². The van der Waals surface area contributed by atoms with Gasteiger partial charge in [-0.3, -0.25) is 10.1 Å². The smallest absolute Gasteiger partial charge is 0.407 e. The number of aliphatic hydroxyl groups is 1. The van der Waals surface area contributed by atoms with Gasteiger partial charge in [0.15, 0.2) is 0 Å². The summed E-state index contributed by atoms with van der Waals surface area (Å²) in [5.74, 6) is 0.257. The third-order valence-electron chi connectivity index (χ3n) is 3.36. The maximum absolute atomic E-state index is 11.1. The summed E-state index contributed by atoms with van der Waals surface area (Å²) in [6.45, 7) is 1.92. The Balaban J connectivity index is 2.35. The summed E-state index contributed by atoms with van der Waals surface area (Å²) in [5.41, 5.74) is -1.48. The first kappa shape index (κ1) is 15.0. The second kappa shape index (κ2) is 5.20. The van der Waals surface area contributed by atoms with Gasteiger partial charge in [0.05, 0.1) is 17.1 Å². The van der Waals surface area contributed by atoms with E-state index in [1.807, 2.05) is 0 Å². The van der Waals surface area contributed by atoms with Gasteiger partial charge in [0.2, 0.25) is 5.82 Å². The Hall–Kier alpha value is -2.36. The molecule has 0 aromatic carbocycles. The van der Waals surface area contributed by atoms with Crippen molar-refractivity contribution in [3.63, 3.8) is 0 Å². The lowest BCUT2D eigenvalue weighted by Crippen LogP contribution is -2.45. The van der Waals surface area contributed by atoms with Crippen LogP contribution in [0.4, 0.5) is 16.3 Å². The van der Waals surface area contributed by atoms with E-state index in [1.54, 1.807) is 11.9 Å². The molecule has 116 valence electrons. The molecular formula is C11H17N5O5. The van der Waals surface area contributed by atoms with Crippen LogP contribution in [0.3, 0.4) is 0 Å². The molecular weight excluding hydrogens is 282 g/mol. The minimum atomic E-state index is -1.31. The molecule has 1 aliphatic heterocycles. The molecule has 1 aromatic heterocycles. The molecule has 1 amide bonds. The summed E-state index contributed by atoms with van der Waals surface area (Å²) in [4.78, 5) is 24.3. The lowest BCUT2D eigenvalue weighted by Gasteiger charge is -2.29. The first-order chi connectivity index (χ1) is 9.71. The molecule has 10 heteroatoms. The number of anilines is 1. The maximum atomic E-state index is 11.1. The fraction of sp³-hybridized carbons (Fsp3) is 0.636. The summed E-state index contributed by atoms with van der Waals surface area (Å²) >= 11 is 0.